The van der Waals surface area contributed by atoms with E-state index in [0.29, 0.717) is 19.1 Å². The molecule has 6 N–H and O–H groups in total. The van der Waals surface area contributed by atoms with Gasteiger partial charge in [-0.2, -0.15) is 13.5 Å². The number of phenolic OH excluding ortho intramolecular Hbond substituents is 3. The van der Waals surface area contributed by atoms with Gasteiger partial charge >= 0.3 is 22.2 Å². The maximum Gasteiger partial charge on any atom is 0.397 e. The topological polar surface area (TPSA) is 264 Å². The summed E-state index contributed by atoms with van der Waals surface area (Å²) >= 11 is 0. The molecule has 1 saturated heterocycles. The average molecular weight is 957 g/mol. The van der Waals surface area contributed by atoms with Gasteiger partial charge in [-0.05, 0) is 32.8 Å². The number of ketones is 1. The van der Waals surface area contributed by atoms with Gasteiger partial charge in [0.05, 0.1) is 53.0 Å². The minimum absolute atomic E-state index is 0.0206. The fourth-order valence-electron chi connectivity index (χ4n) is 9.78. The number of hydrazone groups is 1. The molecule has 7 rings (SSSR count). The van der Waals surface area contributed by atoms with E-state index in [4.69, 9.17) is 23.1 Å². The molecule has 4 heterocycles. The smallest absolute Gasteiger partial charge is 0.397 e. The summed E-state index contributed by atoms with van der Waals surface area (Å²) in [4.78, 5) is 43.5. The van der Waals surface area contributed by atoms with Crippen LogP contribution in [-0.4, -0.2) is 137 Å². The highest BCUT2D eigenvalue weighted by molar-refractivity contribution is 7.80. The molecule has 2 fully saturated rings. The minimum Gasteiger partial charge on any atom is -0.507 e. The van der Waals surface area contributed by atoms with Crippen LogP contribution in [0.2, 0.25) is 0 Å². The van der Waals surface area contributed by atoms with Crippen molar-refractivity contribution in [3.8, 4) is 23.0 Å². The number of nitrogens with zero attached hydrogens (tertiary/aromatic N) is 3. The Morgan fingerprint density at radius 1 is 0.940 bits per heavy atom. The number of benzene rings is 2. The van der Waals surface area contributed by atoms with Gasteiger partial charge in [-0.3, -0.25) is 28.8 Å². The summed E-state index contributed by atoms with van der Waals surface area (Å²) in [5.74, 6) is -9.83. The Morgan fingerprint density at radius 2 is 1.58 bits per heavy atom. The van der Waals surface area contributed by atoms with Gasteiger partial charge in [0.1, 0.15) is 23.4 Å². The molecule has 1 saturated carbocycles. The number of aliphatic hydroxyl groups excluding tert-OH is 1. The fraction of sp³-hybridized carbons (Fsp3) is 0.574. The summed E-state index contributed by atoms with van der Waals surface area (Å²) in [6, 6.07) is 0.522. The molecule has 0 aromatic heterocycles. The summed E-state index contributed by atoms with van der Waals surface area (Å²) in [6.07, 6.45) is 8.11. The molecule has 368 valence electrons. The second-order valence-corrected chi connectivity index (χ2v) is 19.3. The molecule has 0 radical (unpaired) electrons. The van der Waals surface area contributed by atoms with E-state index in [9.17, 15) is 47.8 Å². The lowest BCUT2D eigenvalue weighted by atomic mass is 9.78. The number of Topliss-reactive ketones (excluding diaryl/α,β-unsaturated/α-hetero) is 1. The molecular weight excluding hydrogens is 893 g/mol. The highest BCUT2D eigenvalue weighted by atomic mass is 32.3. The SMILES string of the molecule is CO[C@H]1/C=C/O[C@@]2(C)Oc3c(C)c(O)c4c(O)c(c(/C=N/N5CCN(C6CCCC6)CC5)c(O)c4c3C2=O)NC(=O)/C(C)=C\C=C\[C@H](C)[C@H](OS(=O)(=O)O)[C@@H](C)[C@@H](O)[C@@H](C)[C@H](OC(C)=O)[C@@H]1C. The van der Waals surface area contributed by atoms with Crippen LogP contribution in [-0.2, 0) is 38.4 Å². The monoisotopic (exact) mass is 956 g/mol. The van der Waals surface area contributed by atoms with E-state index in [0.717, 1.165) is 32.2 Å². The first-order valence-corrected chi connectivity index (χ1v) is 23.9. The second kappa shape index (κ2) is 20.5. The predicted molar refractivity (Wildman–Crippen MR) is 247 cm³/mol. The van der Waals surface area contributed by atoms with Crippen molar-refractivity contribution in [1.29, 1.82) is 0 Å². The number of rotatable bonds is 7. The Hall–Kier alpha value is -5.25. The zero-order valence-electron chi connectivity index (χ0n) is 39.4. The van der Waals surface area contributed by atoms with Crippen LogP contribution >= 0.6 is 0 Å². The number of anilines is 1. The number of ether oxygens (including phenoxy) is 4. The van der Waals surface area contributed by atoms with Crippen molar-refractivity contribution in [1.82, 2.24) is 9.91 Å². The maximum absolute atomic E-state index is 14.6. The number of aliphatic hydroxyl groups is 1. The van der Waals surface area contributed by atoms with Crippen molar-refractivity contribution in [2.45, 2.75) is 117 Å². The third kappa shape index (κ3) is 10.7. The van der Waals surface area contributed by atoms with Crippen LogP contribution in [0.3, 0.4) is 0 Å². The van der Waals surface area contributed by atoms with E-state index >= 15 is 0 Å². The number of hydrogen-bond donors (Lipinski definition) is 6. The number of allylic oxidation sites excluding steroid dienone is 2. The molecule has 4 aliphatic heterocycles. The number of amides is 1. The Bertz CT molecular complexity index is 2460. The first-order valence-electron chi connectivity index (χ1n) is 22.6. The Labute approximate surface area is 391 Å². The molecular formula is C47H64N4O15S. The molecule has 67 heavy (non-hydrogen) atoms. The molecule has 0 unspecified atom stereocenters. The zero-order chi connectivity index (χ0) is 49.3. The summed E-state index contributed by atoms with van der Waals surface area (Å²) in [5.41, 5.74) is -0.636. The highest BCUT2D eigenvalue weighted by Crippen LogP contribution is 2.55. The molecule has 0 spiro atoms. The molecule has 5 bridgehead atoms. The molecule has 9 atom stereocenters. The van der Waals surface area contributed by atoms with Crippen LogP contribution in [0, 0.1) is 30.6 Å². The third-order valence-electron chi connectivity index (χ3n) is 13.7. The number of nitrogens with one attached hydrogen (secondary N) is 1. The molecule has 2 aromatic carbocycles. The van der Waals surface area contributed by atoms with Crippen LogP contribution in [0.5, 0.6) is 23.0 Å². The zero-order valence-corrected chi connectivity index (χ0v) is 40.2. The van der Waals surface area contributed by atoms with Crippen molar-refractivity contribution < 1.29 is 70.9 Å². The van der Waals surface area contributed by atoms with Crippen molar-refractivity contribution in [3.05, 3.63) is 52.8 Å². The van der Waals surface area contributed by atoms with Crippen LogP contribution in [0.15, 0.2) is 41.2 Å². The van der Waals surface area contributed by atoms with Crippen molar-refractivity contribution >= 4 is 50.7 Å². The van der Waals surface area contributed by atoms with Gasteiger partial charge in [0.2, 0.25) is 0 Å². The number of aromatic hydroxyl groups is 3. The van der Waals surface area contributed by atoms with E-state index in [2.05, 4.69) is 15.3 Å². The number of hydrogen-bond acceptors (Lipinski definition) is 17. The van der Waals surface area contributed by atoms with Crippen LogP contribution in [0.25, 0.3) is 10.8 Å². The minimum atomic E-state index is -5.07. The van der Waals surface area contributed by atoms with Gasteiger partial charge in [0.15, 0.2) is 5.75 Å². The number of esters is 1. The predicted octanol–water partition coefficient (Wildman–Crippen LogP) is 5.48. The van der Waals surface area contributed by atoms with Crippen LogP contribution in [0.4, 0.5) is 5.69 Å². The highest BCUT2D eigenvalue weighted by Gasteiger charge is 2.50. The summed E-state index contributed by atoms with van der Waals surface area (Å²) in [6.45, 7) is 14.4. The average Bonchev–Trinajstić information content (AvgIpc) is 3.91. The molecule has 2 aromatic rings. The lowest BCUT2D eigenvalue weighted by molar-refractivity contribution is -0.160. The Balaban J connectivity index is 1.50. The second-order valence-electron chi connectivity index (χ2n) is 18.3. The Morgan fingerprint density at radius 3 is 2.19 bits per heavy atom. The summed E-state index contributed by atoms with van der Waals surface area (Å²) in [7, 11) is -3.69. The van der Waals surface area contributed by atoms with Crippen molar-refractivity contribution in [3.63, 3.8) is 0 Å². The lowest BCUT2D eigenvalue weighted by Crippen LogP contribution is -2.47. The van der Waals surface area contributed by atoms with Gasteiger partial charge in [-0.1, -0.05) is 58.8 Å². The van der Waals surface area contributed by atoms with E-state index in [-0.39, 0.29) is 44.5 Å². The summed E-state index contributed by atoms with van der Waals surface area (Å²) in [5, 5.41) is 56.3. The molecule has 20 heteroatoms. The maximum atomic E-state index is 14.6. The van der Waals surface area contributed by atoms with Crippen LogP contribution in [0.1, 0.15) is 95.6 Å². The molecule has 1 amide bonds. The number of carbonyl (C=O) groups is 3. The van der Waals surface area contributed by atoms with Gasteiger partial charge in [-0.25, -0.2) is 4.18 Å². The normalized spacial score (nSPS) is 31.4. The standard InChI is InChI=1S/C47H64N4O15S/c1-24-13-12-14-25(2)46(58)49-37-32(23-48-51-20-18-50(19-21-51)31-15-10-11-16-31)40(55)34-35(41(37)56)39(54)29(6)44-36(34)45(57)47(8,65-44)63-22-17-33(62-9)26(3)43(64-30(7)52)28(5)38(53)27(4)42(24)66-67(59,60)61/h12-14,17,22-24,26-28,31,33,38,42-43,53-56H,10-11,15-16,18-21H2,1-9H3,(H,49,58)(H,59,60,61)/b13-12+,22-17+,25-14-,48-23+/t24-,26+,27-,28+,33-,38+,42-,43+,47-/m0/s1. The molecule has 5 aliphatic rings. The molecule has 1 aliphatic carbocycles. The number of carbonyl (C=O) groups excluding carboxylic acids is 3. The first-order chi connectivity index (χ1) is 31.5. The van der Waals surface area contributed by atoms with E-state index in [1.54, 1.807) is 25.8 Å². The van der Waals surface area contributed by atoms with Gasteiger partial charge < -0.3 is 44.7 Å². The van der Waals surface area contributed by atoms with E-state index in [1.165, 1.54) is 85.1 Å². The molecule has 19 nitrogen and oxygen atoms in total. The van der Waals surface area contributed by atoms with E-state index < -0.39 is 99.2 Å². The summed E-state index contributed by atoms with van der Waals surface area (Å²) < 4.78 is 62.9. The quantitative estimate of drug-likeness (QED) is 0.0660. The van der Waals surface area contributed by atoms with Crippen molar-refractivity contribution in [2.24, 2.45) is 28.8 Å². The number of piperazine rings is 1. The number of phenols is 3. The van der Waals surface area contributed by atoms with E-state index in [1.807, 2.05) is 0 Å². The lowest BCUT2D eigenvalue weighted by Gasteiger charge is -2.38. The number of methoxy groups -OCH3 is 1. The fourth-order valence-corrected chi connectivity index (χ4v) is 10.4. The first kappa shape index (κ1) is 51.1. The number of fused-ring (bicyclic) bond motifs is 14. The Kier molecular flexibility index (Phi) is 15.7. The third-order valence-corrected chi connectivity index (χ3v) is 14.2. The van der Waals surface area contributed by atoms with Gasteiger partial charge in [0, 0.05) is 93.4 Å². The van der Waals surface area contributed by atoms with Crippen LogP contribution < -0.4 is 10.1 Å². The van der Waals surface area contributed by atoms with Gasteiger partial charge in [-0.15, -0.1) is 0 Å². The van der Waals surface area contributed by atoms with Crippen molar-refractivity contribution in [2.75, 3.05) is 38.6 Å². The van der Waals surface area contributed by atoms with Gasteiger partial charge in [0.25, 0.3) is 11.7 Å². The largest absolute Gasteiger partial charge is 0.507 e.